The number of carbonyl (C=O) groups excluding carboxylic acids is 1. The fourth-order valence-electron chi connectivity index (χ4n) is 4.25. The lowest BCUT2D eigenvalue weighted by molar-refractivity contribution is 0.0975. The Hall–Kier alpha value is -4.71. The van der Waals surface area contributed by atoms with Crippen LogP contribution in [0.5, 0.6) is 0 Å². The summed E-state index contributed by atoms with van der Waals surface area (Å²) in [5.74, 6) is -0.269. The lowest BCUT2D eigenvalue weighted by Crippen LogP contribution is -2.39. The second kappa shape index (κ2) is 9.88. The van der Waals surface area contributed by atoms with Crippen LogP contribution in [0.15, 0.2) is 114 Å². The number of aromatic nitrogens is 2. The molecular weight excluding hydrogens is 448 g/mol. The smallest absolute Gasteiger partial charge is 0.279 e. The van der Waals surface area contributed by atoms with Crippen molar-refractivity contribution < 1.29 is 4.79 Å². The maximum atomic E-state index is 14.0. The molecule has 36 heavy (non-hydrogen) atoms. The normalized spacial score (nSPS) is 11.0. The number of hydrogen-bond donors (Lipinski definition) is 1. The molecule has 1 N–H and O–H groups in total. The van der Waals surface area contributed by atoms with Crippen molar-refractivity contribution in [2.24, 2.45) is 0 Å². The molecule has 0 saturated heterocycles. The number of benzene rings is 4. The van der Waals surface area contributed by atoms with Gasteiger partial charge in [-0.15, -0.1) is 0 Å². The molecule has 0 unspecified atom stereocenters. The van der Waals surface area contributed by atoms with Crippen LogP contribution in [0.4, 0.5) is 17.1 Å². The van der Waals surface area contributed by atoms with E-state index >= 15 is 0 Å². The van der Waals surface area contributed by atoms with Gasteiger partial charge in [0.2, 0.25) is 0 Å². The van der Waals surface area contributed by atoms with Crippen molar-refractivity contribution in [2.45, 2.75) is 19.9 Å². The zero-order valence-corrected chi connectivity index (χ0v) is 20.1. The highest BCUT2D eigenvalue weighted by atomic mass is 16.2. The highest BCUT2D eigenvalue weighted by molar-refractivity contribution is 6.12. The Kier molecular flexibility index (Phi) is 6.33. The van der Waals surface area contributed by atoms with Gasteiger partial charge in [0, 0.05) is 28.5 Å². The molecule has 0 atom stereocenters. The van der Waals surface area contributed by atoms with Crippen LogP contribution in [0.3, 0.4) is 0 Å². The van der Waals surface area contributed by atoms with Gasteiger partial charge < -0.3 is 10.2 Å². The third-order valence-electron chi connectivity index (χ3n) is 5.95. The Bertz CT molecular complexity index is 1560. The van der Waals surface area contributed by atoms with Crippen molar-refractivity contribution in [2.75, 3.05) is 10.2 Å². The number of anilines is 3. The highest BCUT2D eigenvalue weighted by Crippen LogP contribution is 2.26. The van der Waals surface area contributed by atoms with Crippen LogP contribution in [0.25, 0.3) is 16.5 Å². The van der Waals surface area contributed by atoms with Crippen LogP contribution < -0.4 is 15.8 Å². The third kappa shape index (κ3) is 4.49. The summed E-state index contributed by atoms with van der Waals surface area (Å²) in [6, 6.07) is 33.8. The maximum Gasteiger partial charge on any atom is 0.279 e. The van der Waals surface area contributed by atoms with Gasteiger partial charge in [-0.2, -0.15) is 9.78 Å². The molecule has 0 radical (unpaired) electrons. The SMILES string of the molecule is CC(C)N(C(=O)c1nn(-c2ccccc2)c(=O)c2ccccc12)c1ccc(Nc2ccccc2)cc1. The van der Waals surface area contributed by atoms with E-state index in [2.05, 4.69) is 10.4 Å². The summed E-state index contributed by atoms with van der Waals surface area (Å²) in [6.45, 7) is 3.92. The van der Waals surface area contributed by atoms with Crippen molar-refractivity contribution >= 4 is 33.7 Å². The van der Waals surface area contributed by atoms with Gasteiger partial charge in [0.1, 0.15) is 0 Å². The predicted octanol–water partition coefficient (Wildman–Crippen LogP) is 6.18. The molecule has 1 amide bonds. The van der Waals surface area contributed by atoms with E-state index in [9.17, 15) is 9.59 Å². The third-order valence-corrected chi connectivity index (χ3v) is 5.95. The molecule has 5 rings (SSSR count). The Morgan fingerprint density at radius 1 is 0.750 bits per heavy atom. The highest BCUT2D eigenvalue weighted by Gasteiger charge is 2.26. The number of amides is 1. The minimum Gasteiger partial charge on any atom is -0.356 e. The van der Waals surface area contributed by atoms with Crippen LogP contribution in [0.2, 0.25) is 0 Å². The van der Waals surface area contributed by atoms with Gasteiger partial charge in [0.05, 0.1) is 11.1 Å². The maximum absolute atomic E-state index is 14.0. The number of carbonyl (C=O) groups is 1. The number of para-hydroxylation sites is 2. The van der Waals surface area contributed by atoms with Gasteiger partial charge in [-0.1, -0.05) is 54.6 Å². The first kappa shape index (κ1) is 23.1. The van der Waals surface area contributed by atoms with Crippen molar-refractivity contribution in [3.05, 3.63) is 125 Å². The van der Waals surface area contributed by atoms with E-state index in [1.54, 1.807) is 35.2 Å². The molecule has 0 spiro atoms. The number of nitrogens with zero attached hydrogens (tertiary/aromatic N) is 3. The fourth-order valence-corrected chi connectivity index (χ4v) is 4.25. The van der Waals surface area contributed by atoms with E-state index in [1.165, 1.54) is 4.68 Å². The van der Waals surface area contributed by atoms with Crippen molar-refractivity contribution in [3.8, 4) is 5.69 Å². The average molecular weight is 475 g/mol. The summed E-state index contributed by atoms with van der Waals surface area (Å²) in [4.78, 5) is 28.9. The predicted molar refractivity (Wildman–Crippen MR) is 145 cm³/mol. The standard InChI is InChI=1S/C30H26N4O2/c1-21(2)33(24-19-17-23(18-20-24)31-22-11-5-3-6-12-22)30(36)28-26-15-9-10-16-27(26)29(35)34(32-28)25-13-7-4-8-14-25/h3-21,31H,1-2H3. The minimum absolute atomic E-state index is 0.136. The Labute approximate surface area is 209 Å². The lowest BCUT2D eigenvalue weighted by atomic mass is 10.1. The van der Waals surface area contributed by atoms with Gasteiger partial charge in [0.15, 0.2) is 5.69 Å². The molecule has 0 aliphatic carbocycles. The first-order valence-electron chi connectivity index (χ1n) is 11.9. The summed E-state index contributed by atoms with van der Waals surface area (Å²) in [5, 5.41) is 8.92. The molecule has 6 nitrogen and oxygen atoms in total. The zero-order valence-electron chi connectivity index (χ0n) is 20.1. The Morgan fingerprint density at radius 2 is 1.31 bits per heavy atom. The van der Waals surface area contributed by atoms with Gasteiger partial charge in [-0.3, -0.25) is 9.59 Å². The summed E-state index contributed by atoms with van der Waals surface area (Å²) in [7, 11) is 0. The molecule has 4 aromatic carbocycles. The summed E-state index contributed by atoms with van der Waals surface area (Å²) in [6.07, 6.45) is 0. The van der Waals surface area contributed by atoms with E-state index in [0.717, 1.165) is 17.1 Å². The molecule has 178 valence electrons. The Morgan fingerprint density at radius 3 is 1.94 bits per heavy atom. The van der Waals surface area contributed by atoms with Gasteiger partial charge in [-0.25, -0.2) is 0 Å². The van der Waals surface area contributed by atoms with Crippen LogP contribution in [-0.4, -0.2) is 21.7 Å². The largest absolute Gasteiger partial charge is 0.356 e. The Balaban J connectivity index is 1.56. The molecule has 5 aromatic rings. The lowest BCUT2D eigenvalue weighted by Gasteiger charge is -2.27. The van der Waals surface area contributed by atoms with Crippen molar-refractivity contribution in [1.29, 1.82) is 0 Å². The van der Waals surface area contributed by atoms with Gasteiger partial charge in [0.25, 0.3) is 11.5 Å². The number of nitrogens with one attached hydrogen (secondary N) is 1. The molecule has 1 aromatic heterocycles. The molecule has 0 aliphatic rings. The molecule has 0 fully saturated rings. The molecular formula is C30H26N4O2. The van der Waals surface area contributed by atoms with E-state index < -0.39 is 0 Å². The van der Waals surface area contributed by atoms with E-state index in [4.69, 9.17) is 0 Å². The van der Waals surface area contributed by atoms with E-state index in [1.807, 2.05) is 92.7 Å². The molecule has 0 bridgehead atoms. The van der Waals surface area contributed by atoms with Crippen LogP contribution >= 0.6 is 0 Å². The summed E-state index contributed by atoms with van der Waals surface area (Å²) >= 11 is 0. The summed E-state index contributed by atoms with van der Waals surface area (Å²) in [5.41, 5.74) is 3.23. The molecule has 6 heteroatoms. The fraction of sp³-hybridized carbons (Fsp3) is 0.100. The van der Waals surface area contributed by atoms with Gasteiger partial charge in [-0.05, 0) is 68.4 Å². The zero-order chi connectivity index (χ0) is 25.1. The van der Waals surface area contributed by atoms with Crippen LogP contribution in [-0.2, 0) is 0 Å². The molecule has 1 heterocycles. The average Bonchev–Trinajstić information content (AvgIpc) is 2.91. The first-order valence-corrected chi connectivity index (χ1v) is 11.9. The van der Waals surface area contributed by atoms with Crippen molar-refractivity contribution in [1.82, 2.24) is 9.78 Å². The second-order valence-corrected chi connectivity index (χ2v) is 8.75. The quantitative estimate of drug-likeness (QED) is 0.319. The number of fused-ring (bicyclic) bond motifs is 1. The minimum atomic E-state index is -0.269. The van der Waals surface area contributed by atoms with Gasteiger partial charge >= 0.3 is 0 Å². The van der Waals surface area contributed by atoms with Crippen molar-refractivity contribution in [3.63, 3.8) is 0 Å². The molecule has 0 aliphatic heterocycles. The number of rotatable bonds is 6. The topological polar surface area (TPSA) is 67.2 Å². The number of hydrogen-bond acceptors (Lipinski definition) is 4. The molecule has 0 saturated carbocycles. The van der Waals surface area contributed by atoms with Crippen LogP contribution in [0, 0.1) is 0 Å². The van der Waals surface area contributed by atoms with E-state index in [-0.39, 0.29) is 23.2 Å². The van der Waals surface area contributed by atoms with Crippen LogP contribution in [0.1, 0.15) is 24.3 Å². The monoisotopic (exact) mass is 474 g/mol. The first-order chi connectivity index (χ1) is 17.5. The summed E-state index contributed by atoms with van der Waals surface area (Å²) < 4.78 is 1.31. The second-order valence-electron chi connectivity index (χ2n) is 8.75. The van der Waals surface area contributed by atoms with E-state index in [0.29, 0.717) is 16.5 Å².